The van der Waals surface area contributed by atoms with Crippen molar-refractivity contribution in [2.45, 2.75) is 39.0 Å². The Morgan fingerprint density at radius 2 is 2.06 bits per heavy atom. The number of Topliss-reactive ketones (excluding diaryl/α,β-unsaturated/α-hetero) is 1. The number of carbonyl (C=O) groups is 1. The fourth-order valence-electron chi connectivity index (χ4n) is 3.86. The van der Waals surface area contributed by atoms with Crippen LogP contribution in [-0.4, -0.2) is 5.78 Å². The Hall–Kier alpha value is -1.11. The molecule has 3 unspecified atom stereocenters. The first kappa shape index (κ1) is 11.0. The van der Waals surface area contributed by atoms with Crippen molar-refractivity contribution in [3.05, 3.63) is 35.4 Å². The van der Waals surface area contributed by atoms with Crippen molar-refractivity contribution < 1.29 is 4.79 Å². The first-order valence-corrected chi connectivity index (χ1v) is 6.83. The molecule has 2 saturated carbocycles. The van der Waals surface area contributed by atoms with Gasteiger partial charge in [0.05, 0.1) is 0 Å². The van der Waals surface area contributed by atoms with Crippen LogP contribution in [0.25, 0.3) is 0 Å². The summed E-state index contributed by atoms with van der Waals surface area (Å²) in [5, 5.41) is 0. The summed E-state index contributed by atoms with van der Waals surface area (Å²) in [6.07, 6.45) is 6.27. The zero-order chi connectivity index (χ0) is 11.8. The van der Waals surface area contributed by atoms with E-state index in [0.29, 0.717) is 11.7 Å². The molecule has 2 fully saturated rings. The Morgan fingerprint density at radius 1 is 1.24 bits per heavy atom. The van der Waals surface area contributed by atoms with Gasteiger partial charge in [0.2, 0.25) is 0 Å². The SMILES string of the molecule is Cc1ccccc1C(=O)CC1CC2CCC1C2. The molecule has 3 atom stereocenters. The van der Waals surface area contributed by atoms with Gasteiger partial charge in [-0.15, -0.1) is 0 Å². The molecule has 90 valence electrons. The lowest BCUT2D eigenvalue weighted by Gasteiger charge is -2.21. The van der Waals surface area contributed by atoms with Crippen molar-refractivity contribution in [3.8, 4) is 0 Å². The minimum atomic E-state index is 0.362. The van der Waals surface area contributed by atoms with Crippen LogP contribution in [0.1, 0.15) is 48.0 Å². The fourth-order valence-corrected chi connectivity index (χ4v) is 3.86. The van der Waals surface area contributed by atoms with Crippen LogP contribution in [0.15, 0.2) is 24.3 Å². The van der Waals surface area contributed by atoms with E-state index in [4.69, 9.17) is 0 Å². The second-order valence-electron chi connectivity index (χ2n) is 5.88. The smallest absolute Gasteiger partial charge is 0.163 e. The molecule has 1 heteroatoms. The van der Waals surface area contributed by atoms with E-state index >= 15 is 0 Å². The second-order valence-corrected chi connectivity index (χ2v) is 5.88. The summed E-state index contributed by atoms with van der Waals surface area (Å²) in [6, 6.07) is 7.99. The van der Waals surface area contributed by atoms with Crippen LogP contribution in [-0.2, 0) is 0 Å². The molecule has 17 heavy (non-hydrogen) atoms. The lowest BCUT2D eigenvalue weighted by Crippen LogP contribution is -2.15. The van der Waals surface area contributed by atoms with Gasteiger partial charge >= 0.3 is 0 Å². The first-order chi connectivity index (χ1) is 8.24. The van der Waals surface area contributed by atoms with Gasteiger partial charge in [-0.05, 0) is 49.5 Å². The maximum absolute atomic E-state index is 12.3. The quantitative estimate of drug-likeness (QED) is 0.714. The summed E-state index contributed by atoms with van der Waals surface area (Å²) in [5.74, 6) is 2.84. The highest BCUT2D eigenvalue weighted by Gasteiger charge is 2.40. The Morgan fingerprint density at radius 3 is 2.71 bits per heavy atom. The van der Waals surface area contributed by atoms with E-state index < -0.39 is 0 Å². The third-order valence-corrected chi connectivity index (χ3v) is 4.78. The highest BCUT2D eigenvalue weighted by Crippen LogP contribution is 2.49. The summed E-state index contributed by atoms with van der Waals surface area (Å²) in [7, 11) is 0. The summed E-state index contributed by atoms with van der Waals surface area (Å²) < 4.78 is 0. The molecule has 1 aromatic carbocycles. The van der Waals surface area contributed by atoms with Gasteiger partial charge in [0.1, 0.15) is 0 Å². The zero-order valence-corrected chi connectivity index (χ0v) is 10.5. The Labute approximate surface area is 103 Å². The third kappa shape index (κ3) is 2.03. The van der Waals surface area contributed by atoms with E-state index in [0.717, 1.165) is 29.4 Å². The fraction of sp³-hybridized carbons (Fsp3) is 0.562. The van der Waals surface area contributed by atoms with Crippen molar-refractivity contribution in [2.75, 3.05) is 0 Å². The minimum Gasteiger partial charge on any atom is -0.294 e. The van der Waals surface area contributed by atoms with Crippen LogP contribution in [0.4, 0.5) is 0 Å². The van der Waals surface area contributed by atoms with Crippen LogP contribution in [0.3, 0.4) is 0 Å². The predicted molar refractivity (Wildman–Crippen MR) is 69.1 cm³/mol. The molecule has 1 nitrogen and oxygen atoms in total. The molecule has 0 aromatic heterocycles. The van der Waals surface area contributed by atoms with Gasteiger partial charge in [0.15, 0.2) is 5.78 Å². The number of rotatable bonds is 3. The second kappa shape index (κ2) is 4.29. The summed E-state index contributed by atoms with van der Waals surface area (Å²) in [6.45, 7) is 2.04. The van der Waals surface area contributed by atoms with Gasteiger partial charge in [-0.2, -0.15) is 0 Å². The average molecular weight is 228 g/mol. The van der Waals surface area contributed by atoms with Gasteiger partial charge in [0.25, 0.3) is 0 Å². The largest absolute Gasteiger partial charge is 0.294 e. The normalized spacial score (nSPS) is 30.8. The van der Waals surface area contributed by atoms with Crippen molar-refractivity contribution >= 4 is 5.78 Å². The summed E-state index contributed by atoms with van der Waals surface area (Å²) >= 11 is 0. The van der Waals surface area contributed by atoms with E-state index in [1.54, 1.807) is 0 Å². The van der Waals surface area contributed by atoms with Crippen molar-refractivity contribution in [3.63, 3.8) is 0 Å². The van der Waals surface area contributed by atoms with E-state index in [9.17, 15) is 4.79 Å². The van der Waals surface area contributed by atoms with E-state index in [2.05, 4.69) is 0 Å². The Kier molecular flexibility index (Phi) is 2.78. The van der Waals surface area contributed by atoms with Crippen molar-refractivity contribution in [1.82, 2.24) is 0 Å². The minimum absolute atomic E-state index is 0.362. The number of ketones is 1. The lowest BCUT2D eigenvalue weighted by molar-refractivity contribution is 0.0943. The maximum atomic E-state index is 12.3. The van der Waals surface area contributed by atoms with Crippen LogP contribution in [0, 0.1) is 24.7 Å². The van der Waals surface area contributed by atoms with E-state index in [-0.39, 0.29) is 0 Å². The number of hydrogen-bond donors (Lipinski definition) is 0. The molecule has 0 spiro atoms. The third-order valence-electron chi connectivity index (χ3n) is 4.78. The molecule has 2 aliphatic rings. The molecule has 0 saturated heterocycles. The highest BCUT2D eigenvalue weighted by molar-refractivity contribution is 5.97. The molecule has 0 amide bonds. The van der Waals surface area contributed by atoms with Crippen molar-refractivity contribution in [2.24, 2.45) is 17.8 Å². The monoisotopic (exact) mass is 228 g/mol. The Balaban J connectivity index is 1.70. The van der Waals surface area contributed by atoms with Crippen molar-refractivity contribution in [1.29, 1.82) is 0 Å². The summed E-state index contributed by atoms with van der Waals surface area (Å²) in [4.78, 5) is 12.3. The van der Waals surface area contributed by atoms with Crippen LogP contribution < -0.4 is 0 Å². The van der Waals surface area contributed by atoms with Crippen LogP contribution in [0.2, 0.25) is 0 Å². The molecule has 0 heterocycles. The number of fused-ring (bicyclic) bond motifs is 2. The van der Waals surface area contributed by atoms with Gasteiger partial charge in [0, 0.05) is 12.0 Å². The van der Waals surface area contributed by atoms with Gasteiger partial charge < -0.3 is 0 Å². The Bertz CT molecular complexity index is 435. The maximum Gasteiger partial charge on any atom is 0.163 e. The van der Waals surface area contributed by atoms with Crippen LogP contribution >= 0.6 is 0 Å². The molecule has 0 aliphatic heterocycles. The average Bonchev–Trinajstić information content (AvgIpc) is 2.91. The molecule has 3 rings (SSSR count). The number of hydrogen-bond acceptors (Lipinski definition) is 1. The molecular weight excluding hydrogens is 208 g/mol. The van der Waals surface area contributed by atoms with E-state index in [1.807, 2.05) is 31.2 Å². The summed E-state index contributed by atoms with van der Waals surface area (Å²) in [5.41, 5.74) is 2.07. The number of carbonyl (C=O) groups excluding carboxylic acids is 1. The van der Waals surface area contributed by atoms with E-state index in [1.165, 1.54) is 25.7 Å². The van der Waals surface area contributed by atoms with Gasteiger partial charge in [-0.1, -0.05) is 30.7 Å². The molecule has 2 aliphatic carbocycles. The standard InChI is InChI=1S/C16H20O/c1-11-4-2-3-5-15(11)16(17)10-14-9-12-6-7-13(14)8-12/h2-5,12-14H,6-10H2,1H3. The number of benzene rings is 1. The predicted octanol–water partition coefficient (Wildman–Crippen LogP) is 4.00. The molecule has 2 bridgehead atoms. The molecule has 0 radical (unpaired) electrons. The van der Waals surface area contributed by atoms with Gasteiger partial charge in [-0.25, -0.2) is 0 Å². The molecule has 1 aromatic rings. The highest BCUT2D eigenvalue weighted by atomic mass is 16.1. The van der Waals surface area contributed by atoms with Crippen LogP contribution in [0.5, 0.6) is 0 Å². The zero-order valence-electron chi connectivity index (χ0n) is 10.5. The number of aryl methyl sites for hydroxylation is 1. The topological polar surface area (TPSA) is 17.1 Å². The lowest BCUT2D eigenvalue weighted by atomic mass is 9.84. The first-order valence-electron chi connectivity index (χ1n) is 6.83. The molecule has 0 N–H and O–H groups in total. The van der Waals surface area contributed by atoms with Gasteiger partial charge in [-0.3, -0.25) is 4.79 Å². The molecular formula is C16H20O.